The number of fused-ring (bicyclic) bond motifs is 3. The summed E-state index contributed by atoms with van der Waals surface area (Å²) >= 11 is 0. The van der Waals surface area contributed by atoms with Gasteiger partial charge in [-0.2, -0.15) is 0 Å². The topological polar surface area (TPSA) is 89.6 Å². The summed E-state index contributed by atoms with van der Waals surface area (Å²) in [5.41, 5.74) is 8.89. The standard InChI is InChI=1S/C20H21NO4/c1-20(2,19(23)24)17(21)18(22)25-11-16-14-9-5-3-7-12(14)13-8-4-6-10-15(13)16/h3-10,16-17H,11,21H2,1-2H3,(H,23,24). The first-order valence-corrected chi connectivity index (χ1v) is 8.18. The molecule has 0 aromatic heterocycles. The van der Waals surface area contributed by atoms with Crippen molar-refractivity contribution in [1.29, 1.82) is 0 Å². The molecule has 1 aliphatic rings. The van der Waals surface area contributed by atoms with Crippen LogP contribution in [0.25, 0.3) is 11.1 Å². The average molecular weight is 339 g/mol. The van der Waals surface area contributed by atoms with Crippen LogP contribution in [0.3, 0.4) is 0 Å². The van der Waals surface area contributed by atoms with Gasteiger partial charge in [-0.3, -0.25) is 9.59 Å². The number of benzene rings is 2. The second-order valence-electron chi connectivity index (χ2n) is 6.86. The number of nitrogens with two attached hydrogens (primary N) is 1. The molecule has 0 heterocycles. The lowest BCUT2D eigenvalue weighted by atomic mass is 9.85. The minimum absolute atomic E-state index is 0.0727. The molecule has 0 bridgehead atoms. The summed E-state index contributed by atoms with van der Waals surface area (Å²) in [4.78, 5) is 23.5. The Morgan fingerprint density at radius 3 is 2.04 bits per heavy atom. The average Bonchev–Trinajstić information content (AvgIpc) is 2.93. The molecule has 25 heavy (non-hydrogen) atoms. The molecule has 1 unspecified atom stereocenters. The van der Waals surface area contributed by atoms with Crippen LogP contribution >= 0.6 is 0 Å². The van der Waals surface area contributed by atoms with E-state index in [2.05, 4.69) is 12.1 Å². The Morgan fingerprint density at radius 2 is 1.56 bits per heavy atom. The van der Waals surface area contributed by atoms with Crippen molar-refractivity contribution in [2.75, 3.05) is 6.61 Å². The van der Waals surface area contributed by atoms with Crippen LogP contribution in [-0.2, 0) is 14.3 Å². The fourth-order valence-electron chi connectivity index (χ4n) is 3.12. The predicted molar refractivity (Wildman–Crippen MR) is 94.1 cm³/mol. The highest BCUT2D eigenvalue weighted by Gasteiger charge is 2.40. The molecule has 3 rings (SSSR count). The number of carboxylic acid groups (broad SMARTS) is 1. The summed E-state index contributed by atoms with van der Waals surface area (Å²) in [6.07, 6.45) is 0. The Hall–Kier alpha value is -2.66. The molecule has 2 aromatic rings. The van der Waals surface area contributed by atoms with Gasteiger partial charge in [0.15, 0.2) is 0 Å². The van der Waals surface area contributed by atoms with Crippen molar-refractivity contribution in [3.63, 3.8) is 0 Å². The number of rotatable bonds is 5. The highest BCUT2D eigenvalue weighted by Crippen LogP contribution is 2.44. The van der Waals surface area contributed by atoms with Crippen LogP contribution in [-0.4, -0.2) is 29.7 Å². The van der Waals surface area contributed by atoms with Crippen molar-refractivity contribution in [2.24, 2.45) is 11.1 Å². The second-order valence-corrected chi connectivity index (χ2v) is 6.86. The highest BCUT2D eigenvalue weighted by atomic mass is 16.5. The van der Waals surface area contributed by atoms with Gasteiger partial charge in [-0.1, -0.05) is 48.5 Å². The molecule has 1 aliphatic carbocycles. The van der Waals surface area contributed by atoms with Crippen molar-refractivity contribution in [3.05, 3.63) is 59.7 Å². The zero-order chi connectivity index (χ0) is 18.2. The van der Waals surface area contributed by atoms with E-state index in [0.29, 0.717) is 0 Å². The molecule has 3 N–H and O–H groups in total. The molecule has 0 radical (unpaired) electrons. The van der Waals surface area contributed by atoms with Crippen LogP contribution in [0.4, 0.5) is 0 Å². The Labute approximate surface area is 146 Å². The Morgan fingerprint density at radius 1 is 1.08 bits per heavy atom. The molecule has 0 spiro atoms. The number of carbonyl (C=O) groups excluding carboxylic acids is 1. The van der Waals surface area contributed by atoms with Gasteiger partial charge in [0.25, 0.3) is 0 Å². The first-order chi connectivity index (χ1) is 11.8. The maximum atomic E-state index is 12.3. The van der Waals surface area contributed by atoms with Crippen LogP contribution < -0.4 is 5.73 Å². The number of hydrogen-bond donors (Lipinski definition) is 2. The Bertz CT molecular complexity index is 782. The third kappa shape index (κ3) is 2.91. The molecule has 0 fully saturated rings. The minimum Gasteiger partial charge on any atom is -0.481 e. The smallest absolute Gasteiger partial charge is 0.324 e. The van der Waals surface area contributed by atoms with E-state index in [1.54, 1.807) is 0 Å². The maximum Gasteiger partial charge on any atom is 0.324 e. The van der Waals surface area contributed by atoms with Crippen LogP contribution in [0.5, 0.6) is 0 Å². The summed E-state index contributed by atoms with van der Waals surface area (Å²) in [6, 6.07) is 14.8. The van der Waals surface area contributed by atoms with Gasteiger partial charge in [-0.05, 0) is 36.1 Å². The van der Waals surface area contributed by atoms with Crippen molar-refractivity contribution in [3.8, 4) is 11.1 Å². The van der Waals surface area contributed by atoms with Gasteiger partial charge in [0.05, 0.1) is 5.41 Å². The van der Waals surface area contributed by atoms with E-state index >= 15 is 0 Å². The molecular weight excluding hydrogens is 318 g/mol. The first kappa shape index (κ1) is 17.2. The van der Waals surface area contributed by atoms with E-state index in [1.807, 2.05) is 36.4 Å². The van der Waals surface area contributed by atoms with Crippen molar-refractivity contribution < 1.29 is 19.4 Å². The summed E-state index contributed by atoms with van der Waals surface area (Å²) in [7, 11) is 0. The summed E-state index contributed by atoms with van der Waals surface area (Å²) in [5, 5.41) is 9.21. The summed E-state index contributed by atoms with van der Waals surface area (Å²) in [6.45, 7) is 2.97. The fraction of sp³-hybridized carbons (Fsp3) is 0.300. The molecule has 0 saturated carbocycles. The first-order valence-electron chi connectivity index (χ1n) is 8.18. The van der Waals surface area contributed by atoms with Gasteiger partial charge in [0.1, 0.15) is 12.6 Å². The van der Waals surface area contributed by atoms with Gasteiger partial charge in [-0.25, -0.2) is 0 Å². The molecule has 1 atom stereocenters. The van der Waals surface area contributed by atoms with E-state index in [4.69, 9.17) is 10.5 Å². The van der Waals surface area contributed by atoms with Gasteiger partial charge >= 0.3 is 11.9 Å². The Kier molecular flexibility index (Phi) is 4.35. The zero-order valence-corrected chi connectivity index (χ0v) is 14.2. The zero-order valence-electron chi connectivity index (χ0n) is 14.2. The number of esters is 1. The molecule has 130 valence electrons. The number of aliphatic carboxylic acids is 1. The lowest BCUT2D eigenvalue weighted by molar-refractivity contribution is -0.158. The molecule has 0 amide bonds. The largest absolute Gasteiger partial charge is 0.481 e. The molecule has 0 saturated heterocycles. The van der Waals surface area contributed by atoms with Crippen LogP contribution in [0.2, 0.25) is 0 Å². The third-order valence-electron chi connectivity index (χ3n) is 4.94. The fourth-order valence-corrected chi connectivity index (χ4v) is 3.12. The Balaban J connectivity index is 1.80. The predicted octanol–water partition coefficient (Wildman–Crippen LogP) is 2.78. The second kappa shape index (κ2) is 6.33. The quantitative estimate of drug-likeness (QED) is 0.818. The minimum atomic E-state index is -1.39. The summed E-state index contributed by atoms with van der Waals surface area (Å²) in [5.74, 6) is -1.90. The lowest BCUT2D eigenvalue weighted by Crippen LogP contribution is -2.49. The van der Waals surface area contributed by atoms with Crippen molar-refractivity contribution in [1.82, 2.24) is 0 Å². The number of carbonyl (C=O) groups is 2. The van der Waals surface area contributed by atoms with Crippen molar-refractivity contribution >= 4 is 11.9 Å². The van der Waals surface area contributed by atoms with Crippen molar-refractivity contribution in [2.45, 2.75) is 25.8 Å². The van der Waals surface area contributed by atoms with E-state index in [9.17, 15) is 14.7 Å². The van der Waals surface area contributed by atoms with Gasteiger partial charge < -0.3 is 15.6 Å². The highest BCUT2D eigenvalue weighted by molar-refractivity contribution is 5.86. The van der Waals surface area contributed by atoms with Crippen LogP contribution in [0.1, 0.15) is 30.9 Å². The molecule has 0 aliphatic heterocycles. The van der Waals surface area contributed by atoms with Gasteiger partial charge in [0, 0.05) is 5.92 Å². The van der Waals surface area contributed by atoms with E-state index < -0.39 is 23.4 Å². The van der Waals surface area contributed by atoms with E-state index in [-0.39, 0.29) is 12.5 Å². The van der Waals surface area contributed by atoms with E-state index in [0.717, 1.165) is 22.3 Å². The number of carboxylic acids is 1. The van der Waals surface area contributed by atoms with Crippen LogP contribution in [0.15, 0.2) is 48.5 Å². The monoisotopic (exact) mass is 339 g/mol. The lowest BCUT2D eigenvalue weighted by Gasteiger charge is -2.25. The SMILES string of the molecule is CC(C)(C(=O)O)C(N)C(=O)OCC1c2ccccc2-c2ccccc21. The molecule has 5 heteroatoms. The van der Waals surface area contributed by atoms with Crippen LogP contribution in [0, 0.1) is 5.41 Å². The number of hydrogen-bond acceptors (Lipinski definition) is 4. The molecular formula is C20H21NO4. The summed E-state index contributed by atoms with van der Waals surface area (Å²) < 4.78 is 5.41. The maximum absolute atomic E-state index is 12.3. The molecule has 2 aromatic carbocycles. The van der Waals surface area contributed by atoms with E-state index in [1.165, 1.54) is 13.8 Å². The van der Waals surface area contributed by atoms with Gasteiger partial charge in [0.2, 0.25) is 0 Å². The van der Waals surface area contributed by atoms with Gasteiger partial charge in [-0.15, -0.1) is 0 Å². The normalized spacial score (nSPS) is 14.5. The third-order valence-corrected chi connectivity index (χ3v) is 4.94. The number of ether oxygens (including phenoxy) is 1. The molecule has 5 nitrogen and oxygen atoms in total.